The molecular formula is C30H25NO3. The smallest absolute Gasteiger partial charge is 0.162 e. The number of phenols is 1. The number of hydrogen-bond acceptors (Lipinski definition) is 4. The summed E-state index contributed by atoms with van der Waals surface area (Å²) in [6.45, 7) is 0. The number of nitrogens with one attached hydrogen (secondary N) is 1. The molecule has 1 aliphatic carbocycles. The molecule has 0 fully saturated rings. The Morgan fingerprint density at radius 1 is 0.882 bits per heavy atom. The molecule has 168 valence electrons. The molecular weight excluding hydrogens is 422 g/mol. The SMILES string of the molecule is COc1ccc([C@H]2Nc3ccc4ccccc4c3C3=C2C(=O)C[C@H](c2ccccc2)C3)cc1O. The van der Waals surface area contributed by atoms with Crippen LogP contribution in [-0.4, -0.2) is 18.0 Å². The van der Waals surface area contributed by atoms with Gasteiger partial charge in [-0.25, -0.2) is 0 Å². The zero-order valence-electron chi connectivity index (χ0n) is 18.9. The number of allylic oxidation sites excluding steroid dienone is 1. The molecule has 2 aliphatic rings. The van der Waals surface area contributed by atoms with Crippen LogP contribution in [0.3, 0.4) is 0 Å². The fourth-order valence-electron chi connectivity index (χ4n) is 5.54. The van der Waals surface area contributed by atoms with Gasteiger partial charge in [0.15, 0.2) is 17.3 Å². The summed E-state index contributed by atoms with van der Waals surface area (Å²) in [6, 6.07) is 27.9. The van der Waals surface area contributed by atoms with Gasteiger partial charge in [0.05, 0.1) is 13.2 Å². The Balaban J connectivity index is 1.56. The number of carbonyl (C=O) groups is 1. The number of rotatable bonds is 3. The molecule has 0 unspecified atom stereocenters. The van der Waals surface area contributed by atoms with Gasteiger partial charge in [0, 0.05) is 23.2 Å². The number of Topliss-reactive ketones (excluding diaryl/α,β-unsaturated/α-hetero) is 1. The molecule has 0 bridgehead atoms. The van der Waals surface area contributed by atoms with Crippen LogP contribution >= 0.6 is 0 Å². The Bertz CT molecular complexity index is 1450. The van der Waals surface area contributed by atoms with Crippen molar-refractivity contribution in [1.82, 2.24) is 0 Å². The number of carbonyl (C=O) groups excluding carboxylic acids is 1. The molecule has 0 spiro atoms. The Morgan fingerprint density at radius 2 is 1.68 bits per heavy atom. The fourth-order valence-corrected chi connectivity index (χ4v) is 5.54. The average molecular weight is 448 g/mol. The minimum Gasteiger partial charge on any atom is -0.504 e. The summed E-state index contributed by atoms with van der Waals surface area (Å²) in [5.41, 5.74) is 6.09. The number of hydrogen-bond donors (Lipinski definition) is 2. The topological polar surface area (TPSA) is 58.6 Å². The van der Waals surface area contributed by atoms with Crippen molar-refractivity contribution in [1.29, 1.82) is 0 Å². The van der Waals surface area contributed by atoms with E-state index in [1.54, 1.807) is 12.1 Å². The maximum Gasteiger partial charge on any atom is 0.162 e. The van der Waals surface area contributed by atoms with Crippen molar-refractivity contribution in [2.45, 2.75) is 24.8 Å². The molecule has 0 saturated carbocycles. The summed E-state index contributed by atoms with van der Waals surface area (Å²) in [5, 5.41) is 16.4. The van der Waals surface area contributed by atoms with Crippen molar-refractivity contribution in [2.75, 3.05) is 12.4 Å². The van der Waals surface area contributed by atoms with Crippen LogP contribution in [0.25, 0.3) is 16.3 Å². The molecule has 0 radical (unpaired) electrons. The highest BCUT2D eigenvalue weighted by atomic mass is 16.5. The average Bonchev–Trinajstić information content (AvgIpc) is 2.88. The van der Waals surface area contributed by atoms with Crippen LogP contribution in [0.15, 0.2) is 90.5 Å². The van der Waals surface area contributed by atoms with Gasteiger partial charge in [-0.3, -0.25) is 4.79 Å². The standard InChI is InChI=1S/C30H25NO3/c1-34-27-14-12-20(16-25(27)32)30-29-23(15-21(17-26(29)33)18-7-3-2-4-8-18)28-22-10-6-5-9-19(22)11-13-24(28)31-30/h2-14,16,21,30-32H,15,17H2,1H3/t21-,30-/m1/s1. The molecule has 4 nitrogen and oxygen atoms in total. The van der Waals surface area contributed by atoms with Crippen molar-refractivity contribution in [3.05, 3.63) is 107 Å². The van der Waals surface area contributed by atoms with E-state index in [0.717, 1.165) is 45.2 Å². The lowest BCUT2D eigenvalue weighted by molar-refractivity contribution is -0.116. The van der Waals surface area contributed by atoms with E-state index in [9.17, 15) is 9.90 Å². The van der Waals surface area contributed by atoms with Crippen molar-refractivity contribution >= 4 is 27.8 Å². The summed E-state index contributed by atoms with van der Waals surface area (Å²) >= 11 is 0. The van der Waals surface area contributed by atoms with E-state index >= 15 is 0 Å². The summed E-state index contributed by atoms with van der Waals surface area (Å²) in [6.07, 6.45) is 1.27. The quantitative estimate of drug-likeness (QED) is 0.370. The lowest BCUT2D eigenvalue weighted by Crippen LogP contribution is -2.29. The van der Waals surface area contributed by atoms with Crippen LogP contribution in [0.1, 0.15) is 41.5 Å². The molecule has 0 amide bonds. The molecule has 4 heteroatoms. The molecule has 34 heavy (non-hydrogen) atoms. The predicted octanol–water partition coefficient (Wildman–Crippen LogP) is 6.62. The summed E-state index contributed by atoms with van der Waals surface area (Å²) in [4.78, 5) is 13.8. The molecule has 4 aromatic carbocycles. The Hall–Kier alpha value is -4.05. The third-order valence-electron chi connectivity index (χ3n) is 7.13. The van der Waals surface area contributed by atoms with E-state index in [4.69, 9.17) is 4.74 Å². The molecule has 1 aliphatic heterocycles. The highest BCUT2D eigenvalue weighted by molar-refractivity contribution is 6.13. The Morgan fingerprint density at radius 3 is 2.47 bits per heavy atom. The van der Waals surface area contributed by atoms with Crippen LogP contribution < -0.4 is 10.1 Å². The van der Waals surface area contributed by atoms with Crippen LogP contribution in [0.4, 0.5) is 5.69 Å². The minimum absolute atomic E-state index is 0.0682. The number of methoxy groups -OCH3 is 1. The van der Waals surface area contributed by atoms with Crippen molar-refractivity contribution in [2.24, 2.45) is 0 Å². The molecule has 1 heterocycles. The zero-order valence-corrected chi connectivity index (χ0v) is 18.9. The van der Waals surface area contributed by atoms with Crippen molar-refractivity contribution < 1.29 is 14.6 Å². The van der Waals surface area contributed by atoms with E-state index < -0.39 is 0 Å². The van der Waals surface area contributed by atoms with Crippen LogP contribution in [0, 0.1) is 0 Å². The first-order valence-corrected chi connectivity index (χ1v) is 11.6. The lowest BCUT2D eigenvalue weighted by atomic mass is 9.71. The summed E-state index contributed by atoms with van der Waals surface area (Å²) in [5.74, 6) is 0.779. The normalized spacial score (nSPS) is 19.4. The second kappa shape index (κ2) is 8.07. The molecule has 2 N–H and O–H groups in total. The summed E-state index contributed by atoms with van der Waals surface area (Å²) < 4.78 is 5.23. The van der Waals surface area contributed by atoms with E-state index in [1.165, 1.54) is 12.7 Å². The van der Waals surface area contributed by atoms with Crippen molar-refractivity contribution in [3.8, 4) is 11.5 Å². The van der Waals surface area contributed by atoms with Gasteiger partial charge in [-0.15, -0.1) is 0 Å². The predicted molar refractivity (Wildman–Crippen MR) is 135 cm³/mol. The van der Waals surface area contributed by atoms with Crippen LogP contribution in [0.2, 0.25) is 0 Å². The maximum absolute atomic E-state index is 13.8. The second-order valence-electron chi connectivity index (χ2n) is 9.05. The van der Waals surface area contributed by atoms with E-state index in [0.29, 0.717) is 12.2 Å². The van der Waals surface area contributed by atoms with Crippen LogP contribution in [0.5, 0.6) is 11.5 Å². The molecule has 0 aromatic heterocycles. The van der Waals surface area contributed by atoms with Crippen molar-refractivity contribution in [3.63, 3.8) is 0 Å². The minimum atomic E-state index is -0.329. The van der Waals surface area contributed by atoms with Gasteiger partial charge in [-0.2, -0.15) is 0 Å². The largest absolute Gasteiger partial charge is 0.504 e. The zero-order chi connectivity index (χ0) is 23.2. The monoisotopic (exact) mass is 447 g/mol. The number of fused-ring (bicyclic) bond motifs is 4. The number of ether oxygens (including phenoxy) is 1. The first-order chi connectivity index (χ1) is 16.6. The van der Waals surface area contributed by atoms with Gasteiger partial charge in [0.1, 0.15) is 0 Å². The third-order valence-corrected chi connectivity index (χ3v) is 7.13. The first kappa shape index (κ1) is 20.5. The molecule has 2 atom stereocenters. The van der Waals surface area contributed by atoms with Gasteiger partial charge in [0.25, 0.3) is 0 Å². The second-order valence-corrected chi connectivity index (χ2v) is 9.05. The molecule has 4 aromatic rings. The van der Waals surface area contributed by atoms with Gasteiger partial charge in [0.2, 0.25) is 0 Å². The van der Waals surface area contributed by atoms with Gasteiger partial charge in [-0.05, 0) is 58.0 Å². The highest BCUT2D eigenvalue weighted by Gasteiger charge is 2.38. The molecule has 0 saturated heterocycles. The van der Waals surface area contributed by atoms with Gasteiger partial charge >= 0.3 is 0 Å². The number of phenolic OH excluding ortho intramolecular Hbond substituents is 1. The Kier molecular flexibility index (Phi) is 4.88. The Labute approximate surface area is 198 Å². The first-order valence-electron chi connectivity index (χ1n) is 11.6. The number of benzene rings is 4. The van der Waals surface area contributed by atoms with Gasteiger partial charge < -0.3 is 15.2 Å². The van der Waals surface area contributed by atoms with Crippen LogP contribution in [-0.2, 0) is 4.79 Å². The van der Waals surface area contributed by atoms with E-state index in [-0.39, 0.29) is 23.5 Å². The van der Waals surface area contributed by atoms with E-state index in [1.807, 2.05) is 30.3 Å². The molecule has 6 rings (SSSR count). The van der Waals surface area contributed by atoms with E-state index in [2.05, 4.69) is 47.8 Å². The number of aromatic hydroxyl groups is 1. The third kappa shape index (κ3) is 3.26. The van der Waals surface area contributed by atoms with Gasteiger partial charge in [-0.1, -0.05) is 66.7 Å². The number of anilines is 1. The fraction of sp³-hybridized carbons (Fsp3) is 0.167. The number of ketones is 1. The summed E-state index contributed by atoms with van der Waals surface area (Å²) in [7, 11) is 1.53. The highest BCUT2D eigenvalue weighted by Crippen LogP contribution is 2.51. The maximum atomic E-state index is 13.8. The lowest BCUT2D eigenvalue weighted by Gasteiger charge is -2.37.